The summed E-state index contributed by atoms with van der Waals surface area (Å²) in [4.78, 5) is 26.0. The molecular formula is C23H20ClN3O3. The van der Waals surface area contributed by atoms with E-state index >= 15 is 0 Å². The van der Waals surface area contributed by atoms with Crippen LogP contribution in [-0.4, -0.2) is 35.9 Å². The van der Waals surface area contributed by atoms with E-state index in [-0.39, 0.29) is 24.1 Å². The minimum Gasteiger partial charge on any atom is -0.384 e. The van der Waals surface area contributed by atoms with Crippen LogP contribution >= 0.6 is 11.6 Å². The van der Waals surface area contributed by atoms with Gasteiger partial charge >= 0.3 is 0 Å². The Bertz CT molecular complexity index is 1250. The molecule has 3 aromatic rings. The highest BCUT2D eigenvalue weighted by Crippen LogP contribution is 2.24. The molecule has 0 spiro atoms. The van der Waals surface area contributed by atoms with Crippen molar-refractivity contribution in [3.05, 3.63) is 80.1 Å². The Balaban J connectivity index is 1.76. The number of hydrogen-bond donors (Lipinski definition) is 2. The first-order valence-electron chi connectivity index (χ1n) is 9.54. The molecule has 1 aliphatic rings. The van der Waals surface area contributed by atoms with Crippen LogP contribution < -0.4 is 15.8 Å². The largest absolute Gasteiger partial charge is 0.384 e. The second kappa shape index (κ2) is 8.23. The van der Waals surface area contributed by atoms with Crippen molar-refractivity contribution >= 4 is 28.4 Å². The third-order valence-corrected chi connectivity index (χ3v) is 5.41. The fraction of sp³-hybridized carbons (Fsp3) is 0.217. The van der Waals surface area contributed by atoms with Crippen molar-refractivity contribution < 1.29 is 9.90 Å². The summed E-state index contributed by atoms with van der Waals surface area (Å²) in [5.74, 6) is 5.05. The average Bonchev–Trinajstić information content (AvgIpc) is 2.75. The number of amides is 1. The Labute approximate surface area is 178 Å². The standard InChI is InChI=1S/C23H20ClN3O3/c1-26-9-8-17-11-16(3-2-10-28)12-19-21(17)27(26)14-20(22(19)29)23(30)25-13-15-4-6-18(24)7-5-15/h4-7,11-12,14,28H,8-10,13H2,1H3,(H,25,30). The normalized spacial score (nSPS) is 12.4. The van der Waals surface area contributed by atoms with Crippen LogP contribution in [-0.2, 0) is 13.0 Å². The Kier molecular flexibility index (Phi) is 5.49. The third kappa shape index (κ3) is 3.78. The van der Waals surface area contributed by atoms with Crippen molar-refractivity contribution in [3.63, 3.8) is 0 Å². The summed E-state index contributed by atoms with van der Waals surface area (Å²) in [6.45, 7) is 0.776. The van der Waals surface area contributed by atoms with Gasteiger partial charge in [-0.1, -0.05) is 35.6 Å². The molecule has 0 aliphatic carbocycles. The SMILES string of the molecule is CN1CCc2cc(C#CCO)cc3c(=O)c(C(=O)NCc4ccc(Cl)cc4)cn1c23. The number of aliphatic hydroxyl groups is 1. The van der Waals surface area contributed by atoms with Crippen LogP contribution in [0.5, 0.6) is 0 Å². The molecular weight excluding hydrogens is 402 g/mol. The maximum Gasteiger partial charge on any atom is 0.257 e. The van der Waals surface area contributed by atoms with E-state index in [1.54, 1.807) is 24.4 Å². The second-order valence-corrected chi connectivity index (χ2v) is 7.58. The van der Waals surface area contributed by atoms with Gasteiger partial charge in [-0.05, 0) is 41.8 Å². The van der Waals surface area contributed by atoms with Gasteiger partial charge in [0.1, 0.15) is 12.2 Å². The predicted octanol–water partition coefficient (Wildman–Crippen LogP) is 2.05. The molecule has 30 heavy (non-hydrogen) atoms. The molecule has 0 fully saturated rings. The van der Waals surface area contributed by atoms with Gasteiger partial charge in [0, 0.05) is 42.3 Å². The summed E-state index contributed by atoms with van der Waals surface area (Å²) >= 11 is 5.90. The molecule has 2 heterocycles. The number of aromatic nitrogens is 1. The number of rotatable bonds is 3. The fourth-order valence-corrected chi connectivity index (χ4v) is 3.76. The van der Waals surface area contributed by atoms with E-state index in [0.29, 0.717) is 16.0 Å². The number of likely N-dealkylation sites (N-methyl/N-ethyl adjacent to an activating group) is 1. The lowest BCUT2D eigenvalue weighted by molar-refractivity contribution is 0.0949. The molecule has 0 atom stereocenters. The Morgan fingerprint density at radius 2 is 2.03 bits per heavy atom. The van der Waals surface area contributed by atoms with Crippen LogP contribution in [0.15, 0.2) is 47.4 Å². The molecule has 4 rings (SSSR count). The zero-order valence-electron chi connectivity index (χ0n) is 16.4. The first-order chi connectivity index (χ1) is 14.5. The molecule has 1 aromatic heterocycles. The summed E-state index contributed by atoms with van der Waals surface area (Å²) in [5.41, 5.74) is 3.06. The van der Waals surface area contributed by atoms with E-state index in [9.17, 15) is 9.59 Å². The van der Waals surface area contributed by atoms with Crippen LogP contribution in [0.4, 0.5) is 0 Å². The molecule has 2 aromatic carbocycles. The maximum absolute atomic E-state index is 13.2. The number of pyridine rings is 1. The van der Waals surface area contributed by atoms with Gasteiger partial charge in [0.15, 0.2) is 0 Å². The lowest BCUT2D eigenvalue weighted by Gasteiger charge is -2.30. The first-order valence-corrected chi connectivity index (χ1v) is 9.92. The van der Waals surface area contributed by atoms with Crippen molar-refractivity contribution in [2.75, 3.05) is 25.2 Å². The topological polar surface area (TPSA) is 74.6 Å². The van der Waals surface area contributed by atoms with Crippen LogP contribution in [0, 0.1) is 11.8 Å². The molecule has 0 bridgehead atoms. The minimum atomic E-state index is -0.437. The molecule has 1 aliphatic heterocycles. The molecule has 6 nitrogen and oxygen atoms in total. The number of nitrogens with zero attached hydrogens (tertiary/aromatic N) is 2. The highest BCUT2D eigenvalue weighted by Gasteiger charge is 2.22. The average molecular weight is 422 g/mol. The van der Waals surface area contributed by atoms with E-state index < -0.39 is 5.91 Å². The van der Waals surface area contributed by atoms with Gasteiger partial charge in [-0.25, -0.2) is 0 Å². The van der Waals surface area contributed by atoms with E-state index in [2.05, 4.69) is 17.2 Å². The zero-order chi connectivity index (χ0) is 21.3. The zero-order valence-corrected chi connectivity index (χ0v) is 17.2. The predicted molar refractivity (Wildman–Crippen MR) is 118 cm³/mol. The number of halogens is 1. The summed E-state index contributed by atoms with van der Waals surface area (Å²) in [6, 6.07) is 10.8. The molecule has 0 radical (unpaired) electrons. The Morgan fingerprint density at radius 1 is 1.27 bits per heavy atom. The summed E-state index contributed by atoms with van der Waals surface area (Å²) in [6.07, 6.45) is 2.37. The van der Waals surface area contributed by atoms with Crippen molar-refractivity contribution in [1.82, 2.24) is 9.99 Å². The number of aliphatic hydroxyl groups excluding tert-OH is 1. The number of carbonyl (C=O) groups excluding carboxylic acids is 1. The Morgan fingerprint density at radius 3 is 2.77 bits per heavy atom. The highest BCUT2D eigenvalue weighted by atomic mass is 35.5. The van der Waals surface area contributed by atoms with Crippen molar-refractivity contribution in [2.24, 2.45) is 0 Å². The van der Waals surface area contributed by atoms with Gasteiger partial charge in [0.05, 0.1) is 5.52 Å². The van der Waals surface area contributed by atoms with Crippen molar-refractivity contribution in [1.29, 1.82) is 0 Å². The summed E-state index contributed by atoms with van der Waals surface area (Å²) < 4.78 is 1.86. The molecule has 1 amide bonds. The van der Waals surface area contributed by atoms with E-state index in [4.69, 9.17) is 16.7 Å². The minimum absolute atomic E-state index is 0.0726. The molecule has 0 saturated carbocycles. The van der Waals surface area contributed by atoms with Crippen LogP contribution in [0.1, 0.15) is 27.0 Å². The highest BCUT2D eigenvalue weighted by molar-refractivity contribution is 6.30. The van der Waals surface area contributed by atoms with Crippen LogP contribution in [0.3, 0.4) is 0 Å². The maximum atomic E-state index is 13.2. The number of nitrogens with one attached hydrogen (secondary N) is 1. The van der Waals surface area contributed by atoms with Gasteiger partial charge in [-0.15, -0.1) is 0 Å². The number of carbonyl (C=O) groups is 1. The Hall–Kier alpha value is -3.27. The quantitative estimate of drug-likeness (QED) is 0.635. The van der Waals surface area contributed by atoms with Gasteiger partial charge in [0.2, 0.25) is 5.43 Å². The van der Waals surface area contributed by atoms with Gasteiger partial charge < -0.3 is 15.4 Å². The molecule has 0 unspecified atom stereocenters. The fourth-order valence-electron chi connectivity index (χ4n) is 3.63. The van der Waals surface area contributed by atoms with E-state index in [1.165, 1.54) is 0 Å². The number of benzene rings is 2. The van der Waals surface area contributed by atoms with Crippen molar-refractivity contribution in [3.8, 4) is 11.8 Å². The van der Waals surface area contributed by atoms with E-state index in [1.807, 2.05) is 34.9 Å². The monoisotopic (exact) mass is 421 g/mol. The summed E-state index contributed by atoms with van der Waals surface area (Å²) in [5, 5.41) is 14.8. The molecule has 2 N–H and O–H groups in total. The smallest absolute Gasteiger partial charge is 0.257 e. The van der Waals surface area contributed by atoms with E-state index in [0.717, 1.165) is 29.6 Å². The summed E-state index contributed by atoms with van der Waals surface area (Å²) in [7, 11) is 1.92. The lowest BCUT2D eigenvalue weighted by Crippen LogP contribution is -2.39. The lowest BCUT2D eigenvalue weighted by atomic mass is 9.99. The second-order valence-electron chi connectivity index (χ2n) is 7.15. The number of hydrogen-bond acceptors (Lipinski definition) is 4. The molecule has 7 heteroatoms. The van der Waals surface area contributed by atoms with Gasteiger partial charge in [0.25, 0.3) is 5.91 Å². The molecule has 0 saturated heterocycles. The van der Waals surface area contributed by atoms with Gasteiger partial charge in [-0.2, -0.15) is 0 Å². The third-order valence-electron chi connectivity index (χ3n) is 5.15. The van der Waals surface area contributed by atoms with Crippen molar-refractivity contribution in [2.45, 2.75) is 13.0 Å². The first kappa shape index (κ1) is 20.0. The van der Waals surface area contributed by atoms with Gasteiger partial charge in [-0.3, -0.25) is 14.3 Å². The molecule has 152 valence electrons. The van der Waals surface area contributed by atoms with Crippen LogP contribution in [0.25, 0.3) is 10.9 Å². The van der Waals surface area contributed by atoms with Crippen LogP contribution in [0.2, 0.25) is 5.02 Å².